The number of carbonyl (C=O) groups excluding carboxylic acids is 1. The summed E-state index contributed by atoms with van der Waals surface area (Å²) < 4.78 is 5.53. The Morgan fingerprint density at radius 1 is 1.33 bits per heavy atom. The van der Waals surface area contributed by atoms with Crippen molar-refractivity contribution in [2.75, 3.05) is 19.8 Å². The maximum absolute atomic E-state index is 12.6. The monoisotopic (exact) mass is 288 g/mol. The zero-order valence-corrected chi connectivity index (χ0v) is 12.6. The number of nitrogens with one attached hydrogen (secondary N) is 1. The first-order chi connectivity index (χ1) is 10.2. The van der Waals surface area contributed by atoms with E-state index in [0.717, 1.165) is 32.6 Å². The van der Waals surface area contributed by atoms with Gasteiger partial charge in [-0.15, -0.1) is 0 Å². The molecule has 0 aromatic heterocycles. The summed E-state index contributed by atoms with van der Waals surface area (Å²) in [6, 6.07) is 10.1. The van der Waals surface area contributed by atoms with Crippen molar-refractivity contribution in [2.24, 2.45) is 5.92 Å². The number of amides is 1. The van der Waals surface area contributed by atoms with E-state index in [2.05, 4.69) is 24.4 Å². The predicted molar refractivity (Wildman–Crippen MR) is 81.8 cm³/mol. The lowest BCUT2D eigenvalue weighted by molar-refractivity contribution is -0.131. The Morgan fingerprint density at radius 3 is 2.86 bits per heavy atom. The highest BCUT2D eigenvalue weighted by molar-refractivity contribution is 5.84. The molecule has 1 N–H and O–H groups in total. The highest BCUT2D eigenvalue weighted by Gasteiger charge is 2.37. The van der Waals surface area contributed by atoms with E-state index >= 15 is 0 Å². The van der Waals surface area contributed by atoms with E-state index in [9.17, 15) is 4.79 Å². The fraction of sp³-hybridized carbons (Fsp3) is 0.588. The summed E-state index contributed by atoms with van der Waals surface area (Å²) in [5, 5.41) is 3.43. The summed E-state index contributed by atoms with van der Waals surface area (Å²) in [5.74, 6) is 0.722. The van der Waals surface area contributed by atoms with E-state index < -0.39 is 0 Å². The molecule has 3 rings (SSSR count). The van der Waals surface area contributed by atoms with Crippen LogP contribution in [-0.2, 0) is 16.0 Å². The Morgan fingerprint density at radius 2 is 2.14 bits per heavy atom. The van der Waals surface area contributed by atoms with Crippen LogP contribution in [0.15, 0.2) is 30.3 Å². The third-order valence-electron chi connectivity index (χ3n) is 4.48. The number of carbonyl (C=O) groups is 1. The van der Waals surface area contributed by atoms with Gasteiger partial charge in [-0.2, -0.15) is 0 Å². The Labute approximate surface area is 126 Å². The van der Waals surface area contributed by atoms with Gasteiger partial charge in [-0.3, -0.25) is 10.1 Å². The van der Waals surface area contributed by atoms with Crippen molar-refractivity contribution >= 4 is 5.91 Å². The number of hydrogen-bond acceptors (Lipinski definition) is 3. The average molecular weight is 288 g/mol. The molecule has 2 fully saturated rings. The van der Waals surface area contributed by atoms with Crippen LogP contribution in [-0.4, -0.2) is 42.8 Å². The first-order valence-corrected chi connectivity index (χ1v) is 7.92. The molecule has 0 bridgehead atoms. The number of ether oxygens (including phenoxy) is 1. The lowest BCUT2D eigenvalue weighted by Crippen LogP contribution is -2.40. The Balaban J connectivity index is 1.60. The van der Waals surface area contributed by atoms with Gasteiger partial charge in [0.05, 0.1) is 18.8 Å². The summed E-state index contributed by atoms with van der Waals surface area (Å²) in [6.07, 6.45) is 3.16. The molecule has 1 aromatic carbocycles. The molecule has 21 heavy (non-hydrogen) atoms. The predicted octanol–water partition coefficient (Wildman–Crippen LogP) is 1.80. The summed E-state index contributed by atoms with van der Waals surface area (Å²) in [4.78, 5) is 14.6. The molecule has 2 saturated heterocycles. The van der Waals surface area contributed by atoms with E-state index in [0.29, 0.717) is 5.92 Å². The first kappa shape index (κ1) is 14.5. The smallest absolute Gasteiger partial charge is 0.241 e. The number of rotatable bonds is 4. The average Bonchev–Trinajstić information content (AvgIpc) is 2.77. The molecule has 4 heteroatoms. The maximum atomic E-state index is 12.6. The third-order valence-corrected chi connectivity index (χ3v) is 4.48. The van der Waals surface area contributed by atoms with E-state index in [1.807, 2.05) is 23.1 Å². The van der Waals surface area contributed by atoms with Crippen molar-refractivity contribution in [1.82, 2.24) is 10.2 Å². The van der Waals surface area contributed by atoms with E-state index in [1.54, 1.807) is 0 Å². The Hall–Kier alpha value is -1.39. The standard InChI is InChI=1S/C17H24N2O2/c1-13-18-16(10-14-6-3-2-4-7-14)17(20)19(13)11-15-8-5-9-21-12-15/h2-4,6-7,13,15-16,18H,5,8-12H2,1H3. The van der Waals surface area contributed by atoms with Gasteiger partial charge in [0.1, 0.15) is 0 Å². The highest BCUT2D eigenvalue weighted by atomic mass is 16.5. The zero-order valence-electron chi connectivity index (χ0n) is 12.6. The molecule has 2 aliphatic rings. The molecular formula is C17H24N2O2. The molecule has 3 unspecified atom stereocenters. The summed E-state index contributed by atoms with van der Waals surface area (Å²) in [6.45, 7) is 4.56. The van der Waals surface area contributed by atoms with Gasteiger partial charge >= 0.3 is 0 Å². The fourth-order valence-corrected chi connectivity index (χ4v) is 3.32. The maximum Gasteiger partial charge on any atom is 0.241 e. The second-order valence-corrected chi connectivity index (χ2v) is 6.16. The number of nitrogens with zero attached hydrogens (tertiary/aromatic N) is 1. The van der Waals surface area contributed by atoms with Crippen LogP contribution in [0.3, 0.4) is 0 Å². The van der Waals surface area contributed by atoms with Crippen LogP contribution in [0.2, 0.25) is 0 Å². The lowest BCUT2D eigenvalue weighted by Gasteiger charge is -2.29. The Bertz CT molecular complexity index is 471. The molecule has 0 radical (unpaired) electrons. The number of hydrogen-bond donors (Lipinski definition) is 1. The SMILES string of the molecule is CC1NC(Cc2ccccc2)C(=O)N1CC1CCCOC1. The summed E-state index contributed by atoms with van der Waals surface area (Å²) >= 11 is 0. The van der Waals surface area contributed by atoms with Gasteiger partial charge in [-0.05, 0) is 31.7 Å². The van der Waals surface area contributed by atoms with E-state index in [-0.39, 0.29) is 18.1 Å². The number of benzene rings is 1. The van der Waals surface area contributed by atoms with Gasteiger partial charge in [0.25, 0.3) is 0 Å². The molecule has 4 nitrogen and oxygen atoms in total. The van der Waals surface area contributed by atoms with Gasteiger partial charge in [0.2, 0.25) is 5.91 Å². The zero-order chi connectivity index (χ0) is 14.7. The molecule has 2 aliphatic heterocycles. The van der Waals surface area contributed by atoms with E-state index in [1.165, 1.54) is 12.0 Å². The van der Waals surface area contributed by atoms with Crippen molar-refractivity contribution < 1.29 is 9.53 Å². The topological polar surface area (TPSA) is 41.6 Å². The van der Waals surface area contributed by atoms with Crippen LogP contribution in [0, 0.1) is 5.92 Å². The van der Waals surface area contributed by atoms with Crippen LogP contribution in [0.4, 0.5) is 0 Å². The van der Waals surface area contributed by atoms with Crippen LogP contribution >= 0.6 is 0 Å². The first-order valence-electron chi connectivity index (χ1n) is 7.92. The van der Waals surface area contributed by atoms with Crippen LogP contribution in [0.5, 0.6) is 0 Å². The van der Waals surface area contributed by atoms with Crippen LogP contribution in [0.25, 0.3) is 0 Å². The second-order valence-electron chi connectivity index (χ2n) is 6.16. The normalized spacial score (nSPS) is 29.9. The van der Waals surface area contributed by atoms with Crippen LogP contribution in [0.1, 0.15) is 25.3 Å². The van der Waals surface area contributed by atoms with Gasteiger partial charge < -0.3 is 9.64 Å². The van der Waals surface area contributed by atoms with Crippen molar-refractivity contribution in [3.8, 4) is 0 Å². The quantitative estimate of drug-likeness (QED) is 0.918. The minimum absolute atomic E-state index is 0.0908. The molecule has 1 aromatic rings. The summed E-state index contributed by atoms with van der Waals surface area (Å²) in [5.41, 5.74) is 1.21. The molecular weight excluding hydrogens is 264 g/mol. The highest BCUT2D eigenvalue weighted by Crippen LogP contribution is 2.20. The molecule has 0 saturated carbocycles. The van der Waals surface area contributed by atoms with Crippen molar-refractivity contribution in [3.63, 3.8) is 0 Å². The van der Waals surface area contributed by atoms with Crippen LogP contribution < -0.4 is 5.32 Å². The molecule has 0 aliphatic carbocycles. The lowest BCUT2D eigenvalue weighted by atomic mass is 10.0. The molecule has 0 spiro atoms. The largest absolute Gasteiger partial charge is 0.381 e. The molecule has 3 atom stereocenters. The summed E-state index contributed by atoms with van der Waals surface area (Å²) in [7, 11) is 0. The van der Waals surface area contributed by atoms with Gasteiger partial charge in [0, 0.05) is 19.1 Å². The molecule has 1 amide bonds. The van der Waals surface area contributed by atoms with Gasteiger partial charge in [-0.1, -0.05) is 30.3 Å². The Kier molecular flexibility index (Phi) is 4.56. The van der Waals surface area contributed by atoms with Gasteiger partial charge in [0.15, 0.2) is 0 Å². The van der Waals surface area contributed by atoms with Crippen molar-refractivity contribution in [3.05, 3.63) is 35.9 Å². The minimum Gasteiger partial charge on any atom is -0.381 e. The minimum atomic E-state index is -0.0908. The molecule has 2 heterocycles. The van der Waals surface area contributed by atoms with Crippen molar-refractivity contribution in [1.29, 1.82) is 0 Å². The van der Waals surface area contributed by atoms with Crippen molar-refractivity contribution in [2.45, 2.75) is 38.4 Å². The van der Waals surface area contributed by atoms with E-state index in [4.69, 9.17) is 4.74 Å². The molecule has 114 valence electrons. The second kappa shape index (κ2) is 6.58. The third kappa shape index (κ3) is 3.44. The fourth-order valence-electron chi connectivity index (χ4n) is 3.32. The van der Waals surface area contributed by atoms with Gasteiger partial charge in [-0.25, -0.2) is 0 Å².